The zero-order valence-corrected chi connectivity index (χ0v) is 13.8. The second-order valence-electron chi connectivity index (χ2n) is 6.22. The minimum Gasteiger partial charge on any atom is -0.313 e. The van der Waals surface area contributed by atoms with Crippen molar-refractivity contribution in [2.45, 2.75) is 97.2 Å². The molecular formula is C17H36N2. The largest absolute Gasteiger partial charge is 0.313 e. The molecule has 114 valence electrons. The summed E-state index contributed by atoms with van der Waals surface area (Å²) in [4.78, 5) is 2.82. The van der Waals surface area contributed by atoms with Crippen molar-refractivity contribution in [3.63, 3.8) is 0 Å². The van der Waals surface area contributed by atoms with E-state index in [1.54, 1.807) is 0 Å². The number of likely N-dealkylation sites (N-methyl/N-ethyl adjacent to an activating group) is 1. The summed E-state index contributed by atoms with van der Waals surface area (Å²) in [6.07, 6.45) is 11.0. The van der Waals surface area contributed by atoms with E-state index in [1.807, 2.05) is 0 Å². The highest BCUT2D eigenvalue weighted by Gasteiger charge is 2.30. The van der Waals surface area contributed by atoms with Gasteiger partial charge in [0.2, 0.25) is 0 Å². The lowest BCUT2D eigenvalue weighted by Gasteiger charge is -2.40. The van der Waals surface area contributed by atoms with Crippen molar-refractivity contribution in [2.24, 2.45) is 0 Å². The lowest BCUT2D eigenvalue weighted by molar-refractivity contribution is 0.102. The topological polar surface area (TPSA) is 15.3 Å². The van der Waals surface area contributed by atoms with Crippen molar-refractivity contribution < 1.29 is 0 Å². The summed E-state index contributed by atoms with van der Waals surface area (Å²) in [7, 11) is 0. The maximum absolute atomic E-state index is 3.77. The SMILES string of the molecule is CCCCN(C(C)CC)C1CCCCCC1NCC. The van der Waals surface area contributed by atoms with E-state index in [0.717, 1.165) is 24.7 Å². The summed E-state index contributed by atoms with van der Waals surface area (Å²) >= 11 is 0. The van der Waals surface area contributed by atoms with Crippen LogP contribution in [-0.4, -0.2) is 36.1 Å². The van der Waals surface area contributed by atoms with Crippen molar-refractivity contribution >= 4 is 0 Å². The van der Waals surface area contributed by atoms with Crippen LogP contribution in [0, 0.1) is 0 Å². The average Bonchev–Trinajstić information content (AvgIpc) is 2.65. The lowest BCUT2D eigenvalue weighted by atomic mass is 9.98. The van der Waals surface area contributed by atoms with Crippen LogP contribution in [0.5, 0.6) is 0 Å². The molecule has 0 spiro atoms. The first kappa shape index (κ1) is 17.0. The Morgan fingerprint density at radius 1 is 1.11 bits per heavy atom. The van der Waals surface area contributed by atoms with Gasteiger partial charge in [0.1, 0.15) is 0 Å². The van der Waals surface area contributed by atoms with Gasteiger partial charge in [-0.3, -0.25) is 4.90 Å². The van der Waals surface area contributed by atoms with Crippen molar-refractivity contribution in [1.82, 2.24) is 10.2 Å². The number of nitrogens with zero attached hydrogens (tertiary/aromatic N) is 1. The molecule has 1 aliphatic rings. The minimum absolute atomic E-state index is 0.721. The fourth-order valence-corrected chi connectivity index (χ4v) is 3.47. The van der Waals surface area contributed by atoms with E-state index in [0.29, 0.717) is 0 Å². The minimum atomic E-state index is 0.721. The van der Waals surface area contributed by atoms with Gasteiger partial charge in [0.25, 0.3) is 0 Å². The highest BCUT2D eigenvalue weighted by molar-refractivity contribution is 4.88. The first-order valence-corrected chi connectivity index (χ1v) is 8.73. The van der Waals surface area contributed by atoms with Crippen LogP contribution in [-0.2, 0) is 0 Å². The molecular weight excluding hydrogens is 232 g/mol. The standard InChI is InChI=1S/C17H36N2/c1-5-8-14-19(15(4)6-2)17-13-11-9-10-12-16(17)18-7-3/h15-18H,5-14H2,1-4H3. The van der Waals surface area contributed by atoms with Gasteiger partial charge in [0.15, 0.2) is 0 Å². The average molecular weight is 268 g/mol. The Morgan fingerprint density at radius 3 is 2.47 bits per heavy atom. The molecule has 0 aromatic carbocycles. The molecule has 1 N–H and O–H groups in total. The van der Waals surface area contributed by atoms with Gasteiger partial charge in [-0.15, -0.1) is 0 Å². The zero-order chi connectivity index (χ0) is 14.1. The zero-order valence-electron chi connectivity index (χ0n) is 13.8. The molecule has 0 radical (unpaired) electrons. The Morgan fingerprint density at radius 2 is 1.84 bits per heavy atom. The lowest BCUT2D eigenvalue weighted by Crippen LogP contribution is -2.52. The van der Waals surface area contributed by atoms with Crippen LogP contribution in [0.25, 0.3) is 0 Å². The normalized spacial score (nSPS) is 26.4. The molecule has 0 aromatic heterocycles. The van der Waals surface area contributed by atoms with Crippen LogP contribution in [0.2, 0.25) is 0 Å². The fourth-order valence-electron chi connectivity index (χ4n) is 3.47. The molecule has 2 nitrogen and oxygen atoms in total. The van der Waals surface area contributed by atoms with Gasteiger partial charge >= 0.3 is 0 Å². The Hall–Kier alpha value is -0.0800. The van der Waals surface area contributed by atoms with E-state index in [-0.39, 0.29) is 0 Å². The monoisotopic (exact) mass is 268 g/mol. The second kappa shape index (κ2) is 9.77. The third-order valence-corrected chi connectivity index (χ3v) is 4.80. The smallest absolute Gasteiger partial charge is 0.0252 e. The molecule has 1 saturated carbocycles. The van der Waals surface area contributed by atoms with Crippen LogP contribution >= 0.6 is 0 Å². The van der Waals surface area contributed by atoms with Crippen LogP contribution in [0.15, 0.2) is 0 Å². The van der Waals surface area contributed by atoms with E-state index in [2.05, 4.69) is 37.9 Å². The molecule has 0 aliphatic heterocycles. The van der Waals surface area contributed by atoms with Crippen molar-refractivity contribution in [1.29, 1.82) is 0 Å². The van der Waals surface area contributed by atoms with Gasteiger partial charge < -0.3 is 5.32 Å². The van der Waals surface area contributed by atoms with E-state index in [4.69, 9.17) is 0 Å². The second-order valence-corrected chi connectivity index (χ2v) is 6.22. The van der Waals surface area contributed by atoms with Crippen LogP contribution in [0.3, 0.4) is 0 Å². The van der Waals surface area contributed by atoms with Gasteiger partial charge in [-0.05, 0) is 45.7 Å². The predicted molar refractivity (Wildman–Crippen MR) is 85.7 cm³/mol. The molecule has 1 fully saturated rings. The quantitative estimate of drug-likeness (QED) is 0.664. The maximum atomic E-state index is 3.77. The summed E-state index contributed by atoms with van der Waals surface area (Å²) < 4.78 is 0. The number of nitrogens with one attached hydrogen (secondary N) is 1. The molecule has 1 rings (SSSR count). The van der Waals surface area contributed by atoms with Gasteiger partial charge in [-0.1, -0.05) is 46.5 Å². The summed E-state index contributed by atoms with van der Waals surface area (Å²) in [6.45, 7) is 11.7. The van der Waals surface area contributed by atoms with E-state index in [9.17, 15) is 0 Å². The van der Waals surface area contributed by atoms with Crippen LogP contribution < -0.4 is 5.32 Å². The summed E-state index contributed by atoms with van der Waals surface area (Å²) in [5.41, 5.74) is 0. The van der Waals surface area contributed by atoms with Gasteiger partial charge in [0.05, 0.1) is 0 Å². The summed E-state index contributed by atoms with van der Waals surface area (Å²) in [5.74, 6) is 0. The molecule has 2 heteroatoms. The molecule has 0 aromatic rings. The van der Waals surface area contributed by atoms with Gasteiger partial charge in [-0.2, -0.15) is 0 Å². The summed E-state index contributed by atoms with van der Waals surface area (Å²) in [6, 6.07) is 2.22. The molecule has 0 bridgehead atoms. The molecule has 0 amide bonds. The van der Waals surface area contributed by atoms with Crippen molar-refractivity contribution in [3.8, 4) is 0 Å². The fraction of sp³-hybridized carbons (Fsp3) is 1.00. The molecule has 0 heterocycles. The Bertz CT molecular complexity index is 217. The third kappa shape index (κ3) is 5.43. The van der Waals surface area contributed by atoms with Gasteiger partial charge in [-0.25, -0.2) is 0 Å². The Labute approximate surface area is 121 Å². The maximum Gasteiger partial charge on any atom is 0.0252 e. The van der Waals surface area contributed by atoms with E-state index >= 15 is 0 Å². The predicted octanol–water partition coefficient (Wildman–Crippen LogP) is 4.20. The number of rotatable bonds is 8. The number of unbranched alkanes of at least 4 members (excludes halogenated alkanes) is 1. The van der Waals surface area contributed by atoms with Crippen LogP contribution in [0.1, 0.15) is 79.1 Å². The van der Waals surface area contributed by atoms with E-state index < -0.39 is 0 Å². The molecule has 3 atom stereocenters. The highest BCUT2D eigenvalue weighted by atomic mass is 15.2. The van der Waals surface area contributed by atoms with Crippen molar-refractivity contribution in [2.75, 3.05) is 13.1 Å². The first-order chi connectivity index (χ1) is 9.24. The van der Waals surface area contributed by atoms with Crippen molar-refractivity contribution in [3.05, 3.63) is 0 Å². The molecule has 3 unspecified atom stereocenters. The third-order valence-electron chi connectivity index (χ3n) is 4.80. The number of hydrogen-bond donors (Lipinski definition) is 1. The number of hydrogen-bond acceptors (Lipinski definition) is 2. The van der Waals surface area contributed by atoms with E-state index in [1.165, 1.54) is 57.9 Å². The Balaban J connectivity index is 2.74. The summed E-state index contributed by atoms with van der Waals surface area (Å²) in [5, 5.41) is 3.77. The Kier molecular flexibility index (Phi) is 8.72. The molecule has 1 aliphatic carbocycles. The first-order valence-electron chi connectivity index (χ1n) is 8.73. The molecule has 19 heavy (non-hydrogen) atoms. The van der Waals surface area contributed by atoms with Gasteiger partial charge in [0, 0.05) is 18.1 Å². The molecule has 0 saturated heterocycles. The highest BCUT2D eigenvalue weighted by Crippen LogP contribution is 2.25. The van der Waals surface area contributed by atoms with Crippen LogP contribution in [0.4, 0.5) is 0 Å².